The van der Waals surface area contributed by atoms with E-state index in [9.17, 15) is 0 Å². The Morgan fingerprint density at radius 3 is 2.82 bits per heavy atom. The molecule has 0 saturated heterocycles. The summed E-state index contributed by atoms with van der Waals surface area (Å²) in [4.78, 5) is 8.32. The van der Waals surface area contributed by atoms with Crippen LogP contribution >= 0.6 is 0 Å². The van der Waals surface area contributed by atoms with Crippen LogP contribution in [0.2, 0.25) is 0 Å². The van der Waals surface area contributed by atoms with Gasteiger partial charge in [0.2, 0.25) is 0 Å². The quantitative estimate of drug-likeness (QED) is 0.693. The molecule has 1 heterocycles. The van der Waals surface area contributed by atoms with Gasteiger partial charge in [-0.3, -0.25) is 0 Å². The van der Waals surface area contributed by atoms with Crippen LogP contribution in [0.15, 0.2) is 6.20 Å². The first-order valence-electron chi connectivity index (χ1n) is 3.82. The minimum Gasteiger partial charge on any atom is -0.396 e. The summed E-state index contributed by atoms with van der Waals surface area (Å²) in [5.41, 5.74) is 7.11. The first kappa shape index (κ1) is 7.98. The number of nitrogens with zero attached hydrogens (tertiary/aromatic N) is 2. The van der Waals surface area contributed by atoms with Crippen LogP contribution in [0.1, 0.15) is 24.9 Å². The van der Waals surface area contributed by atoms with Crippen molar-refractivity contribution >= 4 is 5.69 Å². The Morgan fingerprint density at radius 2 is 2.27 bits per heavy atom. The van der Waals surface area contributed by atoms with Crippen molar-refractivity contribution in [3.63, 3.8) is 0 Å². The molecule has 0 atom stereocenters. The van der Waals surface area contributed by atoms with Crippen LogP contribution in [0.4, 0.5) is 5.69 Å². The third-order valence-electron chi connectivity index (χ3n) is 1.54. The van der Waals surface area contributed by atoms with Crippen LogP contribution < -0.4 is 5.73 Å². The zero-order valence-corrected chi connectivity index (χ0v) is 6.96. The molecule has 1 aromatic heterocycles. The maximum atomic E-state index is 5.56. The molecule has 0 aliphatic carbocycles. The smallest absolute Gasteiger partial charge is 0.128 e. The summed E-state index contributed by atoms with van der Waals surface area (Å²) < 4.78 is 0. The molecule has 3 heteroatoms. The van der Waals surface area contributed by atoms with Gasteiger partial charge in [-0.1, -0.05) is 6.92 Å². The normalized spacial score (nSPS) is 10.0. The molecule has 2 N–H and O–H groups in total. The predicted octanol–water partition coefficient (Wildman–Crippen LogP) is 1.32. The molecule has 0 unspecified atom stereocenters. The third-order valence-corrected chi connectivity index (χ3v) is 1.54. The van der Waals surface area contributed by atoms with E-state index < -0.39 is 0 Å². The standard InChI is InChI=1S/C8H13N3/c1-3-4-8-10-5-7(9)6(2)11-8/h5H,3-4,9H2,1-2H3. The second-order valence-electron chi connectivity index (χ2n) is 2.58. The molecule has 0 spiro atoms. The molecular formula is C8H13N3. The van der Waals surface area contributed by atoms with E-state index in [1.165, 1.54) is 0 Å². The minimum atomic E-state index is 0.671. The highest BCUT2D eigenvalue weighted by Crippen LogP contribution is 2.05. The maximum Gasteiger partial charge on any atom is 0.128 e. The molecule has 1 rings (SSSR count). The van der Waals surface area contributed by atoms with Crippen LogP contribution in [-0.4, -0.2) is 9.97 Å². The molecule has 0 aliphatic heterocycles. The maximum absolute atomic E-state index is 5.56. The first-order valence-corrected chi connectivity index (χ1v) is 3.82. The Hall–Kier alpha value is -1.12. The number of hydrogen-bond donors (Lipinski definition) is 1. The van der Waals surface area contributed by atoms with Gasteiger partial charge >= 0.3 is 0 Å². The van der Waals surface area contributed by atoms with Gasteiger partial charge in [0.05, 0.1) is 17.6 Å². The van der Waals surface area contributed by atoms with Gasteiger partial charge in [-0.15, -0.1) is 0 Å². The van der Waals surface area contributed by atoms with Crippen LogP contribution in [0.25, 0.3) is 0 Å². The van der Waals surface area contributed by atoms with Gasteiger partial charge in [-0.05, 0) is 13.3 Å². The number of anilines is 1. The lowest BCUT2D eigenvalue weighted by atomic mass is 10.3. The highest BCUT2D eigenvalue weighted by Gasteiger charge is 1.97. The molecular weight excluding hydrogens is 138 g/mol. The monoisotopic (exact) mass is 151 g/mol. The summed E-state index contributed by atoms with van der Waals surface area (Å²) >= 11 is 0. The highest BCUT2D eigenvalue weighted by molar-refractivity contribution is 5.38. The van der Waals surface area contributed by atoms with Crippen molar-refractivity contribution in [1.82, 2.24) is 9.97 Å². The Labute approximate surface area is 66.7 Å². The van der Waals surface area contributed by atoms with Gasteiger partial charge in [0.1, 0.15) is 5.82 Å². The molecule has 0 aromatic carbocycles. The largest absolute Gasteiger partial charge is 0.396 e. The van der Waals surface area contributed by atoms with E-state index in [0.29, 0.717) is 5.69 Å². The third kappa shape index (κ3) is 1.90. The Bertz CT molecular complexity index is 245. The van der Waals surface area contributed by atoms with Crippen molar-refractivity contribution in [2.24, 2.45) is 0 Å². The fraction of sp³-hybridized carbons (Fsp3) is 0.500. The van der Waals surface area contributed by atoms with E-state index in [1.54, 1.807) is 6.20 Å². The summed E-state index contributed by atoms with van der Waals surface area (Å²) in [7, 11) is 0. The van der Waals surface area contributed by atoms with Crippen LogP contribution in [0.5, 0.6) is 0 Å². The number of rotatable bonds is 2. The summed E-state index contributed by atoms with van der Waals surface area (Å²) in [6.07, 6.45) is 3.68. The predicted molar refractivity (Wildman–Crippen MR) is 45.2 cm³/mol. The van der Waals surface area contributed by atoms with Gasteiger partial charge in [0.25, 0.3) is 0 Å². The summed E-state index contributed by atoms with van der Waals surface area (Å²) in [5, 5.41) is 0. The Balaban J connectivity index is 2.86. The number of aromatic nitrogens is 2. The summed E-state index contributed by atoms with van der Waals surface area (Å²) in [5.74, 6) is 0.888. The zero-order chi connectivity index (χ0) is 8.27. The second kappa shape index (κ2) is 3.32. The fourth-order valence-electron chi connectivity index (χ4n) is 0.869. The van der Waals surface area contributed by atoms with Crippen molar-refractivity contribution in [2.75, 3.05) is 5.73 Å². The zero-order valence-electron chi connectivity index (χ0n) is 6.96. The topological polar surface area (TPSA) is 51.8 Å². The van der Waals surface area contributed by atoms with Crippen molar-refractivity contribution in [2.45, 2.75) is 26.7 Å². The average molecular weight is 151 g/mol. The fourth-order valence-corrected chi connectivity index (χ4v) is 0.869. The van der Waals surface area contributed by atoms with E-state index in [2.05, 4.69) is 16.9 Å². The number of nitrogens with two attached hydrogens (primary N) is 1. The molecule has 60 valence electrons. The molecule has 1 aromatic rings. The SMILES string of the molecule is CCCc1ncc(N)c(C)n1. The molecule has 0 fully saturated rings. The first-order chi connectivity index (χ1) is 5.24. The van der Waals surface area contributed by atoms with E-state index >= 15 is 0 Å². The van der Waals surface area contributed by atoms with Gasteiger partial charge in [0, 0.05) is 6.42 Å². The molecule has 0 amide bonds. The lowest BCUT2D eigenvalue weighted by Crippen LogP contribution is -2.00. The Kier molecular flexibility index (Phi) is 2.41. The number of aryl methyl sites for hydroxylation is 2. The number of nitrogen functional groups attached to an aromatic ring is 1. The summed E-state index contributed by atoms with van der Waals surface area (Å²) in [6, 6.07) is 0. The van der Waals surface area contributed by atoms with Crippen molar-refractivity contribution in [3.8, 4) is 0 Å². The lowest BCUT2D eigenvalue weighted by molar-refractivity contribution is 0.826. The molecule has 11 heavy (non-hydrogen) atoms. The molecule has 0 radical (unpaired) electrons. The Morgan fingerprint density at radius 1 is 1.55 bits per heavy atom. The van der Waals surface area contributed by atoms with Gasteiger partial charge in [-0.25, -0.2) is 9.97 Å². The van der Waals surface area contributed by atoms with Gasteiger partial charge in [0.15, 0.2) is 0 Å². The lowest BCUT2D eigenvalue weighted by Gasteiger charge is -2.00. The van der Waals surface area contributed by atoms with Gasteiger partial charge in [-0.2, -0.15) is 0 Å². The molecule has 0 saturated carbocycles. The summed E-state index contributed by atoms with van der Waals surface area (Å²) in [6.45, 7) is 4.01. The average Bonchev–Trinajstić information content (AvgIpc) is 1.98. The van der Waals surface area contributed by atoms with Crippen LogP contribution in [0, 0.1) is 6.92 Å². The highest BCUT2D eigenvalue weighted by atomic mass is 14.9. The molecule has 3 nitrogen and oxygen atoms in total. The van der Waals surface area contributed by atoms with E-state index in [4.69, 9.17) is 5.73 Å². The van der Waals surface area contributed by atoms with Crippen molar-refractivity contribution in [1.29, 1.82) is 0 Å². The molecule has 0 bridgehead atoms. The van der Waals surface area contributed by atoms with E-state index in [1.807, 2.05) is 6.92 Å². The van der Waals surface area contributed by atoms with Crippen LogP contribution in [-0.2, 0) is 6.42 Å². The minimum absolute atomic E-state index is 0.671. The van der Waals surface area contributed by atoms with Crippen LogP contribution in [0.3, 0.4) is 0 Å². The van der Waals surface area contributed by atoms with E-state index in [0.717, 1.165) is 24.4 Å². The number of hydrogen-bond acceptors (Lipinski definition) is 3. The van der Waals surface area contributed by atoms with Crippen molar-refractivity contribution < 1.29 is 0 Å². The second-order valence-corrected chi connectivity index (χ2v) is 2.58. The van der Waals surface area contributed by atoms with E-state index in [-0.39, 0.29) is 0 Å². The van der Waals surface area contributed by atoms with Gasteiger partial charge < -0.3 is 5.73 Å². The van der Waals surface area contributed by atoms with Crippen molar-refractivity contribution in [3.05, 3.63) is 17.7 Å². The molecule has 0 aliphatic rings.